The quantitative estimate of drug-likeness (QED) is 0.588. The lowest BCUT2D eigenvalue weighted by atomic mass is 9.99. The number of carbonyl (C=O) groups excluding carboxylic acids is 2. The van der Waals surface area contributed by atoms with Gasteiger partial charge in [-0.3, -0.25) is 9.59 Å². The Morgan fingerprint density at radius 3 is 2.80 bits per heavy atom. The standard InChI is InChI=1S/C9H17NO2.C7H8O/c1-3-12-9(11)8-5-4-6-10(2)7-8;8-6-7-4-2-1-3-5-7/h8H,3-7H2,1-2H3;2,4-6H,1,3H2. The third-order valence-electron chi connectivity index (χ3n) is 3.40. The number of hydrogen-bond donors (Lipinski definition) is 0. The van der Waals surface area contributed by atoms with Crippen molar-refractivity contribution >= 4 is 12.3 Å². The zero-order valence-electron chi connectivity index (χ0n) is 12.5. The van der Waals surface area contributed by atoms with E-state index in [0.29, 0.717) is 6.61 Å². The predicted molar refractivity (Wildman–Crippen MR) is 79.4 cm³/mol. The van der Waals surface area contributed by atoms with Gasteiger partial charge in [0.25, 0.3) is 0 Å². The van der Waals surface area contributed by atoms with Crippen molar-refractivity contribution < 1.29 is 14.3 Å². The number of ether oxygens (including phenoxy) is 1. The van der Waals surface area contributed by atoms with Gasteiger partial charge in [-0.1, -0.05) is 18.2 Å². The molecular weight excluding hydrogens is 254 g/mol. The van der Waals surface area contributed by atoms with Crippen LogP contribution in [0.3, 0.4) is 0 Å². The molecule has 20 heavy (non-hydrogen) atoms. The minimum atomic E-state index is -0.0240. The van der Waals surface area contributed by atoms with Gasteiger partial charge in [0.1, 0.15) is 6.29 Å². The maximum absolute atomic E-state index is 11.3. The van der Waals surface area contributed by atoms with E-state index in [2.05, 4.69) is 4.90 Å². The fraction of sp³-hybridized carbons (Fsp3) is 0.625. The number of rotatable bonds is 3. The van der Waals surface area contributed by atoms with Crippen molar-refractivity contribution in [2.75, 3.05) is 26.7 Å². The molecule has 0 spiro atoms. The summed E-state index contributed by atoms with van der Waals surface area (Å²) in [5, 5.41) is 0. The highest BCUT2D eigenvalue weighted by molar-refractivity contribution is 5.77. The van der Waals surface area contributed by atoms with E-state index >= 15 is 0 Å². The van der Waals surface area contributed by atoms with Crippen molar-refractivity contribution in [1.82, 2.24) is 4.90 Å². The Labute approximate surface area is 121 Å². The largest absolute Gasteiger partial charge is 0.466 e. The van der Waals surface area contributed by atoms with Crippen LogP contribution in [0.5, 0.6) is 0 Å². The lowest BCUT2D eigenvalue weighted by molar-refractivity contribution is -0.149. The van der Waals surface area contributed by atoms with E-state index in [4.69, 9.17) is 4.74 Å². The van der Waals surface area contributed by atoms with Gasteiger partial charge in [0.15, 0.2) is 0 Å². The predicted octanol–water partition coefficient (Wildman–Crippen LogP) is 2.35. The Bertz CT molecular complexity index is 374. The molecule has 0 amide bonds. The van der Waals surface area contributed by atoms with Crippen LogP contribution >= 0.6 is 0 Å². The van der Waals surface area contributed by atoms with Crippen LogP contribution in [-0.2, 0) is 14.3 Å². The number of likely N-dealkylation sites (tertiary alicyclic amines) is 1. The molecule has 0 aromatic carbocycles. The van der Waals surface area contributed by atoms with Crippen molar-refractivity contribution in [2.45, 2.75) is 32.6 Å². The minimum Gasteiger partial charge on any atom is -0.466 e. The molecule has 1 saturated heterocycles. The molecule has 0 aromatic heterocycles. The third kappa shape index (κ3) is 6.15. The molecule has 0 radical (unpaired) electrons. The molecule has 1 fully saturated rings. The topological polar surface area (TPSA) is 46.6 Å². The summed E-state index contributed by atoms with van der Waals surface area (Å²) in [5.74, 6) is 0.0905. The minimum absolute atomic E-state index is 0.0240. The second kappa shape index (κ2) is 9.48. The zero-order valence-corrected chi connectivity index (χ0v) is 12.5. The summed E-state index contributed by atoms with van der Waals surface area (Å²) in [4.78, 5) is 23.5. The first kappa shape index (κ1) is 16.6. The van der Waals surface area contributed by atoms with E-state index in [0.717, 1.165) is 50.6 Å². The zero-order chi connectivity index (χ0) is 14.8. The summed E-state index contributed by atoms with van der Waals surface area (Å²) in [5.41, 5.74) is 0.816. The summed E-state index contributed by atoms with van der Waals surface area (Å²) in [6.45, 7) is 4.32. The van der Waals surface area contributed by atoms with Crippen molar-refractivity contribution in [1.29, 1.82) is 0 Å². The second-order valence-electron chi connectivity index (χ2n) is 5.16. The molecule has 4 heteroatoms. The number of esters is 1. The van der Waals surface area contributed by atoms with Gasteiger partial charge in [-0.2, -0.15) is 0 Å². The molecule has 0 N–H and O–H groups in total. The Balaban J connectivity index is 0.000000217. The van der Waals surface area contributed by atoms with Gasteiger partial charge >= 0.3 is 5.97 Å². The highest BCUT2D eigenvalue weighted by Crippen LogP contribution is 2.16. The van der Waals surface area contributed by atoms with Crippen LogP contribution in [0.15, 0.2) is 23.8 Å². The molecule has 1 aliphatic carbocycles. The smallest absolute Gasteiger partial charge is 0.310 e. The highest BCUT2D eigenvalue weighted by Gasteiger charge is 2.24. The lowest BCUT2D eigenvalue weighted by Gasteiger charge is -2.27. The van der Waals surface area contributed by atoms with E-state index in [9.17, 15) is 9.59 Å². The second-order valence-corrected chi connectivity index (χ2v) is 5.16. The first-order valence-corrected chi connectivity index (χ1v) is 7.34. The van der Waals surface area contributed by atoms with Gasteiger partial charge in [-0.25, -0.2) is 0 Å². The lowest BCUT2D eigenvalue weighted by Crippen LogP contribution is -2.36. The van der Waals surface area contributed by atoms with Gasteiger partial charge in [0, 0.05) is 12.1 Å². The Morgan fingerprint density at radius 2 is 2.30 bits per heavy atom. The van der Waals surface area contributed by atoms with Crippen molar-refractivity contribution in [3.63, 3.8) is 0 Å². The molecule has 0 saturated carbocycles. The Morgan fingerprint density at radius 1 is 1.50 bits per heavy atom. The van der Waals surface area contributed by atoms with Crippen LogP contribution in [0.1, 0.15) is 32.6 Å². The third-order valence-corrected chi connectivity index (χ3v) is 3.40. The first-order chi connectivity index (χ1) is 9.67. The van der Waals surface area contributed by atoms with E-state index in [1.165, 1.54) is 0 Å². The molecule has 2 rings (SSSR count). The number of piperidine rings is 1. The number of nitrogens with zero attached hydrogens (tertiary/aromatic N) is 1. The average molecular weight is 279 g/mol. The molecular formula is C16H25NO3. The first-order valence-electron chi connectivity index (χ1n) is 7.34. The van der Waals surface area contributed by atoms with Gasteiger partial charge in [-0.05, 0) is 46.2 Å². The van der Waals surface area contributed by atoms with Crippen LogP contribution in [0.2, 0.25) is 0 Å². The molecule has 4 nitrogen and oxygen atoms in total. The normalized spacial score (nSPS) is 22.3. The number of allylic oxidation sites excluding steroid dienone is 4. The molecule has 112 valence electrons. The molecule has 1 atom stereocenters. The number of aldehydes is 1. The van der Waals surface area contributed by atoms with Crippen molar-refractivity contribution in [3.8, 4) is 0 Å². The number of carbonyl (C=O) groups is 2. The Kier molecular flexibility index (Phi) is 7.88. The SMILES string of the molecule is CCOC(=O)C1CCCN(C)C1.O=CC1=CCCC=C1. The van der Waals surface area contributed by atoms with E-state index in [1.54, 1.807) is 0 Å². The highest BCUT2D eigenvalue weighted by atomic mass is 16.5. The van der Waals surface area contributed by atoms with Crippen molar-refractivity contribution in [3.05, 3.63) is 23.8 Å². The summed E-state index contributed by atoms with van der Waals surface area (Å²) in [7, 11) is 2.05. The molecule has 0 aromatic rings. The Hall–Kier alpha value is -1.42. The summed E-state index contributed by atoms with van der Waals surface area (Å²) >= 11 is 0. The molecule has 1 heterocycles. The van der Waals surface area contributed by atoms with Crippen molar-refractivity contribution in [2.24, 2.45) is 5.92 Å². The van der Waals surface area contributed by atoms with Gasteiger partial charge < -0.3 is 9.64 Å². The van der Waals surface area contributed by atoms with Crippen LogP contribution in [0.4, 0.5) is 0 Å². The monoisotopic (exact) mass is 279 g/mol. The maximum atomic E-state index is 11.3. The van der Waals surface area contributed by atoms with Crippen LogP contribution in [-0.4, -0.2) is 43.9 Å². The van der Waals surface area contributed by atoms with Gasteiger partial charge in [0.05, 0.1) is 12.5 Å². The van der Waals surface area contributed by atoms with Gasteiger partial charge in [0.2, 0.25) is 0 Å². The van der Waals surface area contributed by atoms with Crippen LogP contribution in [0.25, 0.3) is 0 Å². The average Bonchev–Trinajstić information content (AvgIpc) is 2.49. The molecule has 1 unspecified atom stereocenters. The van der Waals surface area contributed by atoms with Crippen LogP contribution < -0.4 is 0 Å². The fourth-order valence-corrected chi connectivity index (χ4v) is 2.34. The van der Waals surface area contributed by atoms with Gasteiger partial charge in [-0.15, -0.1) is 0 Å². The van der Waals surface area contributed by atoms with E-state index < -0.39 is 0 Å². The summed E-state index contributed by atoms with van der Waals surface area (Å²) in [6.07, 6.45) is 10.9. The van der Waals surface area contributed by atoms with Crippen LogP contribution in [0, 0.1) is 5.92 Å². The fourth-order valence-electron chi connectivity index (χ4n) is 2.34. The molecule has 2 aliphatic rings. The van der Waals surface area contributed by atoms with E-state index in [-0.39, 0.29) is 11.9 Å². The number of hydrogen-bond acceptors (Lipinski definition) is 4. The maximum Gasteiger partial charge on any atom is 0.310 e. The molecule has 0 bridgehead atoms. The summed E-state index contributed by atoms with van der Waals surface area (Å²) < 4.78 is 4.96. The van der Waals surface area contributed by atoms with E-state index in [1.807, 2.05) is 32.2 Å². The molecule has 1 aliphatic heterocycles. The summed E-state index contributed by atoms with van der Waals surface area (Å²) in [6, 6.07) is 0.